The van der Waals surface area contributed by atoms with Gasteiger partial charge in [0, 0.05) is 12.4 Å². The Labute approximate surface area is 114 Å². The first kappa shape index (κ1) is 13.8. The number of furan rings is 1. The average Bonchev–Trinajstić information content (AvgIpc) is 3.06. The van der Waals surface area contributed by atoms with Crippen LogP contribution in [0.25, 0.3) is 10.8 Å². The lowest BCUT2D eigenvalue weighted by Crippen LogP contribution is -2.34. The van der Waals surface area contributed by atoms with Crippen LogP contribution in [-0.2, 0) is 10.0 Å². The zero-order valence-corrected chi connectivity index (χ0v) is 12.0. The van der Waals surface area contributed by atoms with E-state index in [4.69, 9.17) is 4.42 Å². The summed E-state index contributed by atoms with van der Waals surface area (Å²) in [5.74, 6) is -0.231. The quantitative estimate of drug-likeness (QED) is 0.860. The molecule has 0 fully saturated rings. The summed E-state index contributed by atoms with van der Waals surface area (Å²) >= 11 is 1.22. The van der Waals surface area contributed by atoms with E-state index in [-0.39, 0.29) is 11.4 Å². The van der Waals surface area contributed by atoms with Gasteiger partial charge in [-0.2, -0.15) is 0 Å². The second-order valence-corrected chi connectivity index (χ2v) is 6.84. The van der Waals surface area contributed by atoms with Gasteiger partial charge in [-0.1, -0.05) is 0 Å². The monoisotopic (exact) mass is 300 g/mol. The van der Waals surface area contributed by atoms with E-state index in [9.17, 15) is 13.2 Å². The molecule has 8 heteroatoms. The number of amides is 1. The molecule has 0 spiro atoms. The first-order chi connectivity index (χ1) is 8.95. The third-order valence-electron chi connectivity index (χ3n) is 2.52. The van der Waals surface area contributed by atoms with Crippen LogP contribution in [0.5, 0.6) is 0 Å². The Morgan fingerprint density at radius 2 is 2.26 bits per heavy atom. The van der Waals surface area contributed by atoms with Gasteiger partial charge >= 0.3 is 0 Å². The van der Waals surface area contributed by atoms with Gasteiger partial charge in [-0.05, 0) is 19.1 Å². The zero-order valence-electron chi connectivity index (χ0n) is 10.4. The maximum Gasteiger partial charge on any atom is 0.286 e. The Bertz CT molecular complexity index is 673. The summed E-state index contributed by atoms with van der Waals surface area (Å²) in [6.07, 6.45) is 1.51. The van der Waals surface area contributed by atoms with Gasteiger partial charge in [0.05, 0.1) is 12.0 Å². The number of nitrogens with zero attached hydrogens (tertiary/aromatic N) is 2. The summed E-state index contributed by atoms with van der Waals surface area (Å²) in [5, 5.41) is 2.05. The number of hydrogen-bond acceptors (Lipinski definition) is 6. The number of hydrogen-bond donors (Lipinski definition) is 0. The van der Waals surface area contributed by atoms with Crippen molar-refractivity contribution >= 4 is 27.3 Å². The van der Waals surface area contributed by atoms with Crippen LogP contribution in [0.3, 0.4) is 0 Å². The third-order valence-corrected chi connectivity index (χ3v) is 5.11. The lowest BCUT2D eigenvalue weighted by atomic mass is 10.4. The predicted octanol–water partition coefficient (Wildman–Crippen LogP) is 1.82. The molecule has 0 aliphatic heterocycles. The molecule has 0 saturated heterocycles. The van der Waals surface area contributed by atoms with Crippen LogP contribution in [0, 0.1) is 0 Å². The van der Waals surface area contributed by atoms with Gasteiger partial charge in [0.2, 0.25) is 10.0 Å². The molecule has 1 amide bonds. The summed E-state index contributed by atoms with van der Waals surface area (Å²) in [4.78, 5) is 16.1. The minimum atomic E-state index is -3.57. The maximum atomic E-state index is 12.0. The van der Waals surface area contributed by atoms with E-state index in [1.807, 2.05) is 0 Å². The van der Waals surface area contributed by atoms with Crippen molar-refractivity contribution in [3.05, 3.63) is 29.5 Å². The molecule has 0 N–H and O–H groups in total. The molecule has 2 aromatic heterocycles. The second kappa shape index (κ2) is 5.14. The van der Waals surface area contributed by atoms with Crippen molar-refractivity contribution in [1.29, 1.82) is 0 Å². The van der Waals surface area contributed by atoms with E-state index in [0.717, 1.165) is 0 Å². The second-order valence-electron chi connectivity index (χ2n) is 3.69. The minimum Gasteiger partial charge on any atom is -0.462 e. The van der Waals surface area contributed by atoms with E-state index < -0.39 is 15.9 Å². The molecule has 0 aliphatic carbocycles. The number of carbonyl (C=O) groups is 1. The van der Waals surface area contributed by atoms with Crippen LogP contribution in [0.4, 0.5) is 0 Å². The Morgan fingerprint density at radius 1 is 1.53 bits per heavy atom. The highest BCUT2D eigenvalue weighted by Gasteiger charge is 2.25. The summed E-state index contributed by atoms with van der Waals surface area (Å²) in [6, 6.07) is 3.44. The highest BCUT2D eigenvalue weighted by Crippen LogP contribution is 2.24. The molecule has 0 aliphatic rings. The van der Waals surface area contributed by atoms with Crippen LogP contribution in [0.15, 0.2) is 28.2 Å². The molecule has 0 aromatic carbocycles. The van der Waals surface area contributed by atoms with E-state index in [0.29, 0.717) is 15.1 Å². The van der Waals surface area contributed by atoms with Crippen molar-refractivity contribution in [2.45, 2.75) is 6.92 Å². The fourth-order valence-electron chi connectivity index (χ4n) is 1.37. The van der Waals surface area contributed by atoms with E-state index in [2.05, 4.69) is 4.98 Å². The highest BCUT2D eigenvalue weighted by molar-refractivity contribution is 7.89. The molecule has 0 saturated carbocycles. The van der Waals surface area contributed by atoms with Crippen LogP contribution in [0.1, 0.15) is 17.4 Å². The zero-order chi connectivity index (χ0) is 14.0. The van der Waals surface area contributed by atoms with Gasteiger partial charge in [-0.3, -0.25) is 4.79 Å². The van der Waals surface area contributed by atoms with Crippen molar-refractivity contribution in [3.8, 4) is 10.8 Å². The molecule has 0 bridgehead atoms. The van der Waals surface area contributed by atoms with Crippen molar-refractivity contribution in [1.82, 2.24) is 9.29 Å². The number of sulfonamides is 1. The van der Waals surface area contributed by atoms with Crippen LogP contribution in [0.2, 0.25) is 0 Å². The minimum absolute atomic E-state index is 0.0934. The summed E-state index contributed by atoms with van der Waals surface area (Å²) in [7, 11) is -2.34. The summed E-state index contributed by atoms with van der Waals surface area (Å²) in [5.41, 5.74) is 0.0934. The summed E-state index contributed by atoms with van der Waals surface area (Å²) in [6.45, 7) is 1.48. The number of thiazole rings is 1. The Kier molecular flexibility index (Phi) is 3.72. The first-order valence-corrected chi connectivity index (χ1v) is 7.95. The Morgan fingerprint density at radius 3 is 2.84 bits per heavy atom. The first-order valence-electron chi connectivity index (χ1n) is 5.46. The smallest absolute Gasteiger partial charge is 0.286 e. The average molecular weight is 300 g/mol. The Hall–Kier alpha value is -1.67. The van der Waals surface area contributed by atoms with E-state index >= 15 is 0 Å². The van der Waals surface area contributed by atoms with Gasteiger partial charge in [0.15, 0.2) is 10.8 Å². The van der Waals surface area contributed by atoms with E-state index in [1.165, 1.54) is 37.0 Å². The van der Waals surface area contributed by atoms with Crippen molar-refractivity contribution < 1.29 is 17.6 Å². The van der Waals surface area contributed by atoms with Crippen molar-refractivity contribution in [2.24, 2.45) is 0 Å². The predicted molar refractivity (Wildman–Crippen MR) is 71.4 cm³/mol. The molecule has 6 nitrogen and oxygen atoms in total. The molecular weight excluding hydrogens is 288 g/mol. The molecule has 0 atom stereocenters. The molecule has 2 rings (SSSR count). The summed E-state index contributed by atoms with van der Waals surface area (Å²) < 4.78 is 29.1. The SMILES string of the molecule is CCS(=O)(=O)N(C)C(=O)c1csc(-c2ccco2)n1. The van der Waals surface area contributed by atoms with E-state index in [1.54, 1.807) is 12.1 Å². The van der Waals surface area contributed by atoms with Gasteiger partial charge in [0.25, 0.3) is 5.91 Å². The lowest BCUT2D eigenvalue weighted by molar-refractivity contribution is 0.0878. The highest BCUT2D eigenvalue weighted by atomic mass is 32.2. The molecule has 0 unspecified atom stereocenters. The molecule has 0 radical (unpaired) electrons. The fourth-order valence-corrected chi connectivity index (χ4v) is 2.86. The lowest BCUT2D eigenvalue weighted by Gasteiger charge is -2.14. The van der Waals surface area contributed by atoms with Gasteiger partial charge in [0.1, 0.15) is 5.69 Å². The van der Waals surface area contributed by atoms with Gasteiger partial charge < -0.3 is 4.42 Å². The fraction of sp³-hybridized carbons (Fsp3) is 0.273. The normalized spacial score (nSPS) is 11.5. The molecule has 102 valence electrons. The number of rotatable bonds is 4. The van der Waals surface area contributed by atoms with Crippen LogP contribution in [-0.4, -0.2) is 36.4 Å². The topological polar surface area (TPSA) is 80.5 Å². The Balaban J connectivity index is 2.26. The molecule has 2 aromatic rings. The molecule has 2 heterocycles. The molecule has 19 heavy (non-hydrogen) atoms. The molecular formula is C11H12N2O4S2. The van der Waals surface area contributed by atoms with Crippen molar-refractivity contribution in [3.63, 3.8) is 0 Å². The number of carbonyl (C=O) groups excluding carboxylic acids is 1. The van der Waals surface area contributed by atoms with Crippen molar-refractivity contribution in [2.75, 3.05) is 12.8 Å². The van der Waals surface area contributed by atoms with Gasteiger partial charge in [-0.15, -0.1) is 11.3 Å². The standard InChI is InChI=1S/C11H12N2O4S2/c1-3-19(15,16)13(2)11(14)8-7-18-10(12-8)9-5-4-6-17-9/h4-7H,3H2,1-2H3. The van der Waals surface area contributed by atoms with Gasteiger partial charge in [-0.25, -0.2) is 17.7 Å². The maximum absolute atomic E-state index is 12.0. The third kappa shape index (κ3) is 2.69. The van der Waals surface area contributed by atoms with Crippen LogP contribution >= 0.6 is 11.3 Å². The largest absolute Gasteiger partial charge is 0.462 e. The van der Waals surface area contributed by atoms with Crippen LogP contribution < -0.4 is 0 Å². The number of aromatic nitrogens is 1.